The summed E-state index contributed by atoms with van der Waals surface area (Å²) in [5, 5.41) is 0. The van der Waals surface area contributed by atoms with Gasteiger partial charge in [-0.05, 0) is 59.8 Å². The first-order chi connectivity index (χ1) is 8.27. The van der Waals surface area contributed by atoms with E-state index in [-0.39, 0.29) is 18.5 Å². The van der Waals surface area contributed by atoms with Crippen LogP contribution in [0.1, 0.15) is 33.6 Å². The van der Waals surface area contributed by atoms with Crippen molar-refractivity contribution in [2.45, 2.75) is 70.6 Å². The molecule has 114 valence electrons. The zero-order valence-electron chi connectivity index (χ0n) is 12.8. The third kappa shape index (κ3) is 4.19. The summed E-state index contributed by atoms with van der Waals surface area (Å²) < 4.78 is 46.3. The summed E-state index contributed by atoms with van der Waals surface area (Å²) in [6, 6.07) is 0. The first-order valence-corrected chi connectivity index (χ1v) is 10.2. The molecule has 1 aliphatic heterocycles. The van der Waals surface area contributed by atoms with Crippen molar-refractivity contribution in [1.29, 1.82) is 0 Å². The second-order valence-electron chi connectivity index (χ2n) is 7.40. The molecule has 0 aromatic heterocycles. The number of hydrogen-bond donors (Lipinski definition) is 0. The average Bonchev–Trinajstić information content (AvgIpc) is 2.12. The highest BCUT2D eigenvalue weighted by atomic mass is 28.4. The van der Waals surface area contributed by atoms with E-state index in [0.717, 1.165) is 0 Å². The Morgan fingerprint density at radius 2 is 1.63 bits per heavy atom. The molecule has 1 aliphatic rings. The molecule has 1 fully saturated rings. The number of piperidine rings is 1. The maximum atomic E-state index is 13.6. The monoisotopic (exact) mass is 297 g/mol. The van der Waals surface area contributed by atoms with E-state index in [2.05, 4.69) is 0 Å². The molecule has 1 saturated heterocycles. The summed E-state index contributed by atoms with van der Waals surface area (Å²) in [6.45, 7) is 12.0. The molecular weight excluding hydrogens is 271 g/mol. The van der Waals surface area contributed by atoms with Crippen LogP contribution in [0, 0.1) is 0 Å². The Morgan fingerprint density at radius 3 is 2.00 bits per heavy atom. The Kier molecular flexibility index (Phi) is 4.50. The normalized spacial score (nSPS) is 27.6. The maximum Gasteiger partial charge on any atom is 0.417 e. The van der Waals surface area contributed by atoms with E-state index in [1.165, 1.54) is 0 Å². The Hall–Kier alpha value is -0.0731. The molecule has 6 heteroatoms. The summed E-state index contributed by atoms with van der Waals surface area (Å²) in [6.07, 6.45) is -3.70. The van der Waals surface area contributed by atoms with Crippen LogP contribution in [0.25, 0.3) is 0 Å². The predicted molar refractivity (Wildman–Crippen MR) is 73.8 cm³/mol. The zero-order valence-corrected chi connectivity index (χ0v) is 13.8. The third-order valence-electron chi connectivity index (χ3n) is 3.42. The first kappa shape index (κ1) is 17.0. The van der Waals surface area contributed by atoms with Crippen molar-refractivity contribution in [2.75, 3.05) is 13.1 Å². The Labute approximate surface area is 115 Å². The summed E-state index contributed by atoms with van der Waals surface area (Å²) in [5.41, 5.74) is -2.25. The highest BCUT2D eigenvalue weighted by molar-refractivity contribution is 6.69. The van der Waals surface area contributed by atoms with E-state index in [0.29, 0.717) is 13.0 Å². The van der Waals surface area contributed by atoms with E-state index in [9.17, 15) is 13.2 Å². The van der Waals surface area contributed by atoms with Crippen LogP contribution in [0.4, 0.5) is 13.2 Å². The summed E-state index contributed by atoms with van der Waals surface area (Å²) in [5.74, 6) is 0. The smallest absolute Gasteiger partial charge is 0.403 e. The van der Waals surface area contributed by atoms with Crippen LogP contribution in [0.5, 0.6) is 0 Å². The Balaban J connectivity index is 3.05. The van der Waals surface area contributed by atoms with E-state index in [1.807, 2.05) is 45.3 Å². The molecule has 0 aromatic rings. The second-order valence-corrected chi connectivity index (χ2v) is 11.8. The van der Waals surface area contributed by atoms with Crippen molar-refractivity contribution in [3.63, 3.8) is 0 Å². The maximum absolute atomic E-state index is 13.6. The molecule has 1 atom stereocenters. The number of hydrogen-bond acceptors (Lipinski definition) is 2. The van der Waals surface area contributed by atoms with Gasteiger partial charge in [-0.1, -0.05) is 0 Å². The SMILES string of the molecule is CC(C)(C)N1CCCC(O[Si](C)(C)C)(C(F)(F)F)C1. The third-order valence-corrected chi connectivity index (χ3v) is 4.42. The van der Waals surface area contributed by atoms with Gasteiger partial charge in [0.05, 0.1) is 0 Å². The van der Waals surface area contributed by atoms with Crippen LogP contribution in [0.2, 0.25) is 19.6 Å². The van der Waals surface area contributed by atoms with Crippen molar-refractivity contribution in [3.8, 4) is 0 Å². The fourth-order valence-electron chi connectivity index (χ4n) is 2.55. The van der Waals surface area contributed by atoms with E-state index in [1.54, 1.807) is 0 Å². The molecular formula is C13H26F3NOSi. The van der Waals surface area contributed by atoms with Gasteiger partial charge in [0.2, 0.25) is 0 Å². The van der Waals surface area contributed by atoms with Gasteiger partial charge in [-0.3, -0.25) is 4.90 Å². The van der Waals surface area contributed by atoms with Gasteiger partial charge < -0.3 is 4.43 Å². The van der Waals surface area contributed by atoms with E-state index >= 15 is 0 Å². The molecule has 0 spiro atoms. The first-order valence-electron chi connectivity index (χ1n) is 6.79. The van der Waals surface area contributed by atoms with E-state index in [4.69, 9.17) is 4.43 Å². The number of halogens is 3. The van der Waals surface area contributed by atoms with Crippen LogP contribution in [0.3, 0.4) is 0 Å². The Morgan fingerprint density at radius 1 is 1.11 bits per heavy atom. The number of likely N-dealkylation sites (tertiary alicyclic amines) is 1. The van der Waals surface area contributed by atoms with Crippen LogP contribution < -0.4 is 0 Å². The average molecular weight is 297 g/mol. The van der Waals surface area contributed by atoms with Gasteiger partial charge in [0, 0.05) is 12.1 Å². The predicted octanol–water partition coefficient (Wildman–Crippen LogP) is 4.03. The van der Waals surface area contributed by atoms with Gasteiger partial charge in [0.25, 0.3) is 0 Å². The largest absolute Gasteiger partial charge is 0.417 e. The van der Waals surface area contributed by atoms with Gasteiger partial charge in [0.15, 0.2) is 13.9 Å². The van der Waals surface area contributed by atoms with Crippen molar-refractivity contribution in [2.24, 2.45) is 0 Å². The minimum Gasteiger partial charge on any atom is -0.403 e. The molecule has 0 aliphatic carbocycles. The van der Waals surface area contributed by atoms with Gasteiger partial charge >= 0.3 is 6.18 Å². The fourth-order valence-corrected chi connectivity index (χ4v) is 4.01. The van der Waals surface area contributed by atoms with Crippen LogP contribution in [-0.2, 0) is 4.43 Å². The standard InChI is InChI=1S/C13H26F3NOSi/c1-11(2,3)17-9-7-8-12(10-17,13(14,15)16)18-19(4,5)6/h7-10H2,1-6H3. The summed E-state index contributed by atoms with van der Waals surface area (Å²) in [7, 11) is -2.26. The number of nitrogens with zero attached hydrogens (tertiary/aromatic N) is 1. The lowest BCUT2D eigenvalue weighted by Crippen LogP contribution is -2.64. The fraction of sp³-hybridized carbons (Fsp3) is 1.00. The molecule has 19 heavy (non-hydrogen) atoms. The molecule has 0 amide bonds. The molecule has 1 heterocycles. The van der Waals surface area contributed by atoms with Crippen molar-refractivity contribution in [1.82, 2.24) is 4.90 Å². The highest BCUT2D eigenvalue weighted by Crippen LogP contribution is 2.43. The topological polar surface area (TPSA) is 12.5 Å². The van der Waals surface area contributed by atoms with Crippen molar-refractivity contribution < 1.29 is 17.6 Å². The molecule has 0 aromatic carbocycles. The molecule has 1 rings (SSSR count). The molecule has 0 bridgehead atoms. The van der Waals surface area contributed by atoms with Crippen molar-refractivity contribution in [3.05, 3.63) is 0 Å². The van der Waals surface area contributed by atoms with Crippen molar-refractivity contribution >= 4 is 8.32 Å². The molecule has 0 N–H and O–H groups in total. The van der Waals surface area contributed by atoms with Gasteiger partial charge in [-0.15, -0.1) is 0 Å². The van der Waals surface area contributed by atoms with Crippen LogP contribution >= 0.6 is 0 Å². The minimum absolute atomic E-state index is 0.0513. The van der Waals surface area contributed by atoms with E-state index < -0.39 is 20.1 Å². The van der Waals surface area contributed by atoms with Gasteiger partial charge in [-0.25, -0.2) is 0 Å². The lowest BCUT2D eigenvalue weighted by atomic mass is 9.89. The zero-order chi connectivity index (χ0) is 15.1. The van der Waals surface area contributed by atoms with Gasteiger partial charge in [-0.2, -0.15) is 13.2 Å². The Bertz CT molecular complexity index is 319. The summed E-state index contributed by atoms with van der Waals surface area (Å²) in [4.78, 5) is 1.89. The highest BCUT2D eigenvalue weighted by Gasteiger charge is 2.59. The quantitative estimate of drug-likeness (QED) is 0.713. The molecule has 0 saturated carbocycles. The molecule has 0 radical (unpaired) electrons. The van der Waals surface area contributed by atoms with Gasteiger partial charge in [0.1, 0.15) is 0 Å². The lowest BCUT2D eigenvalue weighted by Gasteiger charge is -2.50. The summed E-state index contributed by atoms with van der Waals surface area (Å²) >= 11 is 0. The molecule has 2 nitrogen and oxygen atoms in total. The lowest BCUT2D eigenvalue weighted by molar-refractivity contribution is -0.269. The second kappa shape index (κ2) is 5.04. The van der Waals surface area contributed by atoms with Crippen LogP contribution in [0.15, 0.2) is 0 Å². The number of alkyl halides is 3. The van der Waals surface area contributed by atoms with Crippen LogP contribution in [-0.4, -0.2) is 43.6 Å². The minimum atomic E-state index is -4.31. The molecule has 1 unspecified atom stereocenters. The number of rotatable bonds is 2.